The molecule has 0 radical (unpaired) electrons. The second-order valence-corrected chi connectivity index (χ2v) is 8.44. The van der Waals surface area contributed by atoms with Gasteiger partial charge in [0, 0.05) is 22.0 Å². The van der Waals surface area contributed by atoms with Crippen LogP contribution in [-0.4, -0.2) is 34.8 Å². The van der Waals surface area contributed by atoms with Crippen LogP contribution in [0.25, 0.3) is 22.0 Å². The van der Waals surface area contributed by atoms with Crippen LogP contribution in [0.2, 0.25) is 0 Å². The molecule has 0 amide bonds. The Morgan fingerprint density at radius 2 is 1.42 bits per heavy atom. The molecule has 0 unspecified atom stereocenters. The Hall–Kier alpha value is -3.08. The van der Waals surface area contributed by atoms with Crippen LogP contribution in [0.3, 0.4) is 0 Å². The van der Waals surface area contributed by atoms with Crippen molar-refractivity contribution in [1.29, 1.82) is 0 Å². The Balaban J connectivity index is 2.49. The maximum atomic E-state index is 14.7. The maximum absolute atomic E-state index is 14.7. The van der Waals surface area contributed by atoms with E-state index in [1.54, 1.807) is 0 Å². The highest BCUT2D eigenvalue weighted by Crippen LogP contribution is 2.53. The summed E-state index contributed by atoms with van der Waals surface area (Å²) in [4.78, 5) is 26.9. The number of carbonyl (C=O) groups is 2. The van der Waals surface area contributed by atoms with Crippen molar-refractivity contribution in [1.82, 2.24) is 4.98 Å². The van der Waals surface area contributed by atoms with Gasteiger partial charge in [-0.25, -0.2) is 26.7 Å². The number of carboxylic acid groups (broad SMARTS) is 1. The molecule has 1 heterocycles. The lowest BCUT2D eigenvalue weighted by Gasteiger charge is -2.19. The molecular weight excluding hydrogens is 476 g/mol. The van der Waals surface area contributed by atoms with Gasteiger partial charge in [0.25, 0.3) is 5.52 Å². The number of fused-ring (bicyclic) bond motifs is 1. The van der Waals surface area contributed by atoms with Gasteiger partial charge in [-0.2, -0.15) is 0 Å². The molecule has 0 atom stereocenters. The molecule has 3 rings (SSSR count). The molecule has 0 saturated heterocycles. The third-order valence-electron chi connectivity index (χ3n) is 4.57. The van der Waals surface area contributed by atoms with Gasteiger partial charge < -0.3 is 19.1 Å². The third-order valence-corrected chi connectivity index (χ3v) is 6.51. The van der Waals surface area contributed by atoms with E-state index in [4.69, 9.17) is 9.05 Å². The predicted molar refractivity (Wildman–Crippen MR) is 106 cm³/mol. The Bertz CT molecular complexity index is 1300. The average molecular weight is 491 g/mol. The van der Waals surface area contributed by atoms with Crippen molar-refractivity contribution in [2.24, 2.45) is 0 Å². The Morgan fingerprint density at radius 1 is 0.909 bits per heavy atom. The number of hydrogen-bond donors (Lipinski definition) is 2. The van der Waals surface area contributed by atoms with Crippen molar-refractivity contribution in [3.05, 3.63) is 58.5 Å². The van der Waals surface area contributed by atoms with Gasteiger partial charge in [0.15, 0.2) is 23.3 Å². The zero-order valence-electron chi connectivity index (χ0n) is 17.0. The molecule has 3 aromatic rings. The molecule has 2 aromatic carbocycles. The molecule has 0 fully saturated rings. The molecule has 0 spiro atoms. The fourth-order valence-corrected chi connectivity index (χ4v) is 4.70. The van der Waals surface area contributed by atoms with Gasteiger partial charge >= 0.3 is 13.6 Å². The average Bonchev–Trinajstić information content (AvgIpc) is 3.21. The Morgan fingerprint density at radius 3 is 1.91 bits per heavy atom. The highest BCUT2D eigenvalue weighted by Gasteiger charge is 2.39. The summed E-state index contributed by atoms with van der Waals surface area (Å²) in [7, 11) is -4.61. The summed E-state index contributed by atoms with van der Waals surface area (Å²) in [6, 6.07) is 2.85. The molecular formula is C20H15F5NO6P. The van der Waals surface area contributed by atoms with Crippen LogP contribution < -0.4 is 0 Å². The van der Waals surface area contributed by atoms with Crippen molar-refractivity contribution in [3.63, 3.8) is 0 Å². The van der Waals surface area contributed by atoms with Crippen molar-refractivity contribution in [3.8, 4) is 11.1 Å². The summed E-state index contributed by atoms with van der Waals surface area (Å²) in [5.74, 6) is -13.0. The first kappa shape index (κ1) is 24.6. The second-order valence-electron chi connectivity index (χ2n) is 6.52. The van der Waals surface area contributed by atoms with Crippen molar-refractivity contribution < 1.29 is 50.3 Å². The topological polar surface area (TPSA) is 106 Å². The Labute approximate surface area is 182 Å². The molecule has 7 nitrogen and oxygen atoms in total. The summed E-state index contributed by atoms with van der Waals surface area (Å²) < 4.78 is 93.9. The maximum Gasteiger partial charge on any atom is 0.401 e. The fraction of sp³-hybridized carbons (Fsp3) is 0.200. The normalized spacial score (nSPS) is 11.8. The lowest BCUT2D eigenvalue weighted by molar-refractivity contribution is 0.0691. The van der Waals surface area contributed by atoms with Crippen LogP contribution in [-0.2, 0) is 13.6 Å². The van der Waals surface area contributed by atoms with Crippen molar-refractivity contribution in [2.45, 2.75) is 13.8 Å². The minimum Gasteiger partial charge on any atom is -0.477 e. The number of aromatic nitrogens is 1. The molecule has 176 valence electrons. The first-order valence-electron chi connectivity index (χ1n) is 9.33. The van der Waals surface area contributed by atoms with Crippen LogP contribution in [0.5, 0.6) is 0 Å². The molecule has 0 aliphatic rings. The lowest BCUT2D eigenvalue weighted by Crippen LogP contribution is -2.11. The first-order chi connectivity index (χ1) is 15.5. The molecule has 1 aromatic heterocycles. The highest BCUT2D eigenvalue weighted by molar-refractivity contribution is 7.72. The van der Waals surface area contributed by atoms with E-state index in [0.29, 0.717) is 0 Å². The standard InChI is InChI=1S/C20H15F5NO6P/c1-3-31-33(30,32-4-2)20(29)8-5-6-10-9(7-11(26-10)19(27)28)12(8)13-14(21)16(23)18(25)17(24)15(13)22/h5-7,26H,3-4H2,1-2H3,(H,27,28). The summed E-state index contributed by atoms with van der Waals surface area (Å²) >= 11 is 0. The molecule has 2 N–H and O–H groups in total. The Kier molecular flexibility index (Phi) is 6.73. The van der Waals surface area contributed by atoms with Crippen LogP contribution >= 0.6 is 7.60 Å². The number of rotatable bonds is 8. The van der Waals surface area contributed by atoms with Gasteiger partial charge in [0.2, 0.25) is 5.82 Å². The first-order valence-corrected chi connectivity index (χ1v) is 10.9. The smallest absolute Gasteiger partial charge is 0.401 e. The minimum atomic E-state index is -4.61. The van der Waals surface area contributed by atoms with Crippen LogP contribution in [0.15, 0.2) is 18.2 Å². The van der Waals surface area contributed by atoms with Crippen molar-refractivity contribution in [2.75, 3.05) is 13.2 Å². The third kappa shape index (κ3) is 4.05. The van der Waals surface area contributed by atoms with Gasteiger partial charge in [-0.15, -0.1) is 0 Å². The molecule has 0 aliphatic carbocycles. The molecule has 13 heteroatoms. The zero-order valence-corrected chi connectivity index (χ0v) is 17.9. The lowest BCUT2D eigenvalue weighted by atomic mass is 9.95. The molecule has 0 aliphatic heterocycles. The van der Waals surface area contributed by atoms with Crippen LogP contribution in [0, 0.1) is 29.1 Å². The van der Waals surface area contributed by atoms with Gasteiger partial charge in [-0.05, 0) is 32.0 Å². The number of H-pyrrole nitrogens is 1. The molecule has 0 saturated carbocycles. The number of halogens is 5. The van der Waals surface area contributed by atoms with Crippen molar-refractivity contribution >= 4 is 30.0 Å². The summed E-state index contributed by atoms with van der Waals surface area (Å²) in [6.07, 6.45) is 0. The summed E-state index contributed by atoms with van der Waals surface area (Å²) in [5, 5.41) is 8.85. The van der Waals surface area contributed by atoms with E-state index in [9.17, 15) is 41.2 Å². The number of hydrogen-bond acceptors (Lipinski definition) is 5. The number of nitrogens with one attached hydrogen (secondary N) is 1. The van der Waals surface area contributed by atoms with E-state index in [0.717, 1.165) is 18.2 Å². The number of carbonyl (C=O) groups excluding carboxylic acids is 1. The van der Waals surface area contributed by atoms with Crippen LogP contribution in [0.1, 0.15) is 34.7 Å². The summed E-state index contributed by atoms with van der Waals surface area (Å²) in [5.41, 5.74) is -5.15. The number of aromatic amines is 1. The number of benzene rings is 2. The van der Waals surface area contributed by atoms with Gasteiger partial charge in [-0.1, -0.05) is 0 Å². The van der Waals surface area contributed by atoms with Gasteiger partial charge in [0.05, 0.1) is 18.8 Å². The van der Waals surface area contributed by atoms with E-state index >= 15 is 0 Å². The number of carboxylic acids is 1. The van der Waals surface area contributed by atoms with E-state index in [1.807, 2.05) is 0 Å². The SMILES string of the molecule is CCOP(=O)(OCC)C(=O)c1ccc2[nH]c(C(=O)O)cc2c1-c1c(F)c(F)c(F)c(F)c1F. The zero-order chi connectivity index (χ0) is 24.7. The number of aromatic carboxylic acids is 1. The monoisotopic (exact) mass is 491 g/mol. The summed E-state index contributed by atoms with van der Waals surface area (Å²) in [6.45, 7) is 2.24. The van der Waals surface area contributed by atoms with E-state index in [1.165, 1.54) is 13.8 Å². The quantitative estimate of drug-likeness (QED) is 0.183. The minimum absolute atomic E-state index is 0.106. The van der Waals surface area contributed by atoms with Gasteiger partial charge in [-0.3, -0.25) is 9.36 Å². The van der Waals surface area contributed by atoms with E-state index < -0.39 is 70.6 Å². The van der Waals surface area contributed by atoms with Crippen LogP contribution in [0.4, 0.5) is 22.0 Å². The van der Waals surface area contributed by atoms with E-state index in [-0.39, 0.29) is 24.1 Å². The highest BCUT2D eigenvalue weighted by atomic mass is 31.2. The second kappa shape index (κ2) is 9.05. The molecule has 33 heavy (non-hydrogen) atoms. The van der Waals surface area contributed by atoms with E-state index in [2.05, 4.69) is 4.98 Å². The fourth-order valence-electron chi connectivity index (χ4n) is 3.23. The molecule has 0 bridgehead atoms. The largest absolute Gasteiger partial charge is 0.477 e. The predicted octanol–water partition coefficient (Wildman–Crippen LogP) is 5.63. The van der Waals surface area contributed by atoms with Gasteiger partial charge in [0.1, 0.15) is 5.69 Å².